The summed E-state index contributed by atoms with van der Waals surface area (Å²) in [6, 6.07) is 21.0. The molecule has 1 N–H and O–H groups in total. The highest BCUT2D eigenvalue weighted by Crippen LogP contribution is 2.07. The van der Waals surface area contributed by atoms with Crippen LogP contribution in [0.3, 0.4) is 0 Å². The van der Waals surface area contributed by atoms with Gasteiger partial charge in [-0.3, -0.25) is 4.90 Å². The Morgan fingerprint density at radius 1 is 0.962 bits per heavy atom. The Hall–Kier alpha value is -2.16. The van der Waals surface area contributed by atoms with E-state index in [0.29, 0.717) is 0 Å². The number of nitrogens with one attached hydrogen (secondary N) is 1. The van der Waals surface area contributed by atoms with Gasteiger partial charge in [0.25, 0.3) is 0 Å². The molecule has 0 spiro atoms. The molecule has 0 aromatic heterocycles. The summed E-state index contributed by atoms with van der Waals surface area (Å²) in [7, 11) is 4.12. The minimum Gasteiger partial charge on any atom is -0.316 e. The van der Waals surface area contributed by atoms with Crippen molar-refractivity contribution in [2.75, 3.05) is 20.6 Å². The molecule has 0 saturated heterocycles. The quantitative estimate of drug-likeness (QED) is 0.638. The number of likely N-dealkylation sites (N-methyl/N-ethyl adjacent to an activating group) is 1. The second-order valence-corrected chi connectivity index (χ2v) is 6.38. The number of hydrogen-bond acceptors (Lipinski definition) is 2. The molecule has 26 heavy (non-hydrogen) atoms. The molecule has 0 aliphatic rings. The maximum absolute atomic E-state index is 3.08. The van der Waals surface area contributed by atoms with Gasteiger partial charge in [-0.2, -0.15) is 0 Å². The first kappa shape index (κ1) is 21.9. The zero-order chi connectivity index (χ0) is 19.0. The zero-order valence-corrected chi connectivity index (χ0v) is 16.8. The highest BCUT2D eigenvalue weighted by molar-refractivity contribution is 5.16. The number of allylic oxidation sites excluding steroid dienone is 3. The maximum Gasteiger partial charge on any atom is 0.0234 e. The Morgan fingerprint density at radius 2 is 1.54 bits per heavy atom. The second kappa shape index (κ2) is 14.1. The smallest absolute Gasteiger partial charge is 0.0234 e. The number of benzene rings is 2. The predicted molar refractivity (Wildman–Crippen MR) is 115 cm³/mol. The molecule has 0 bridgehead atoms. The summed E-state index contributed by atoms with van der Waals surface area (Å²) >= 11 is 0. The molecule has 0 fully saturated rings. The van der Waals surface area contributed by atoms with Crippen molar-refractivity contribution in [1.82, 2.24) is 10.2 Å². The van der Waals surface area contributed by atoms with Crippen LogP contribution in [0.4, 0.5) is 0 Å². The zero-order valence-electron chi connectivity index (χ0n) is 16.8. The maximum atomic E-state index is 3.08. The van der Waals surface area contributed by atoms with Gasteiger partial charge in [-0.15, -0.1) is 0 Å². The van der Waals surface area contributed by atoms with E-state index < -0.39 is 0 Å². The molecule has 0 heterocycles. The monoisotopic (exact) mass is 350 g/mol. The van der Waals surface area contributed by atoms with Gasteiger partial charge in [0.15, 0.2) is 0 Å². The van der Waals surface area contributed by atoms with E-state index in [1.807, 2.05) is 25.2 Å². The summed E-state index contributed by atoms with van der Waals surface area (Å²) in [5.74, 6) is 0. The van der Waals surface area contributed by atoms with Crippen LogP contribution in [0.5, 0.6) is 0 Å². The third-order valence-electron chi connectivity index (χ3n) is 3.97. The largest absolute Gasteiger partial charge is 0.316 e. The number of hydrogen-bond donors (Lipinski definition) is 1. The Balaban J connectivity index is 0.000000314. The molecule has 0 aliphatic carbocycles. The van der Waals surface area contributed by atoms with Crippen LogP contribution in [0.1, 0.15) is 31.4 Å². The van der Waals surface area contributed by atoms with Gasteiger partial charge < -0.3 is 5.32 Å². The summed E-state index contributed by atoms with van der Waals surface area (Å²) in [6.45, 7) is 7.27. The van der Waals surface area contributed by atoms with Crippen LogP contribution in [-0.4, -0.2) is 25.5 Å². The molecule has 140 valence electrons. The van der Waals surface area contributed by atoms with E-state index in [9.17, 15) is 0 Å². The molecular weight excluding hydrogens is 316 g/mol. The summed E-state index contributed by atoms with van der Waals surface area (Å²) in [5.41, 5.74) is 4.18. The molecule has 0 saturated carbocycles. The first-order valence-corrected chi connectivity index (χ1v) is 9.41. The van der Waals surface area contributed by atoms with E-state index in [1.54, 1.807) is 0 Å². The molecular formula is C24H34N2. The third kappa shape index (κ3) is 9.97. The van der Waals surface area contributed by atoms with Crippen LogP contribution in [0.2, 0.25) is 0 Å². The summed E-state index contributed by atoms with van der Waals surface area (Å²) in [6.07, 6.45) is 7.53. The van der Waals surface area contributed by atoms with Crippen molar-refractivity contribution in [2.45, 2.75) is 33.4 Å². The first-order chi connectivity index (χ1) is 12.7. The molecule has 0 amide bonds. The van der Waals surface area contributed by atoms with Gasteiger partial charge in [-0.1, -0.05) is 91.4 Å². The van der Waals surface area contributed by atoms with Crippen LogP contribution < -0.4 is 5.32 Å². The fraction of sp³-hybridized carbons (Fsp3) is 0.333. The van der Waals surface area contributed by atoms with E-state index in [2.05, 4.69) is 91.8 Å². The number of nitrogens with zero attached hydrogens (tertiary/aromatic N) is 1. The molecule has 2 aromatic carbocycles. The molecule has 2 heteroatoms. The SMILES string of the molecule is C/C=C\C=C(/CC)CN(C)Cc1ccccc1.CNCc1ccccc1. The molecule has 2 rings (SSSR count). The van der Waals surface area contributed by atoms with Gasteiger partial charge in [0.05, 0.1) is 0 Å². The van der Waals surface area contributed by atoms with Gasteiger partial charge >= 0.3 is 0 Å². The average molecular weight is 351 g/mol. The van der Waals surface area contributed by atoms with Crippen LogP contribution in [0.25, 0.3) is 0 Å². The van der Waals surface area contributed by atoms with Gasteiger partial charge in [-0.25, -0.2) is 0 Å². The van der Waals surface area contributed by atoms with E-state index in [1.165, 1.54) is 16.7 Å². The Bertz CT molecular complexity index is 630. The third-order valence-corrected chi connectivity index (χ3v) is 3.97. The lowest BCUT2D eigenvalue weighted by molar-refractivity contribution is 0.352. The highest BCUT2D eigenvalue weighted by atomic mass is 15.1. The fourth-order valence-corrected chi connectivity index (χ4v) is 2.61. The average Bonchev–Trinajstić information content (AvgIpc) is 2.67. The van der Waals surface area contributed by atoms with Crippen LogP contribution in [-0.2, 0) is 13.1 Å². The van der Waals surface area contributed by atoms with Crippen molar-refractivity contribution in [3.05, 3.63) is 95.6 Å². The van der Waals surface area contributed by atoms with Gasteiger partial charge in [0.1, 0.15) is 0 Å². The Labute approximate surface area is 160 Å². The van der Waals surface area contributed by atoms with E-state index >= 15 is 0 Å². The van der Waals surface area contributed by atoms with Crippen molar-refractivity contribution in [1.29, 1.82) is 0 Å². The van der Waals surface area contributed by atoms with Crippen molar-refractivity contribution in [2.24, 2.45) is 0 Å². The lowest BCUT2D eigenvalue weighted by atomic mass is 10.1. The Morgan fingerprint density at radius 3 is 2.04 bits per heavy atom. The summed E-state index contributed by atoms with van der Waals surface area (Å²) < 4.78 is 0. The van der Waals surface area contributed by atoms with Crippen molar-refractivity contribution in [3.63, 3.8) is 0 Å². The fourth-order valence-electron chi connectivity index (χ4n) is 2.61. The lowest BCUT2D eigenvalue weighted by Gasteiger charge is -2.18. The topological polar surface area (TPSA) is 15.3 Å². The minimum atomic E-state index is 0.959. The van der Waals surface area contributed by atoms with Crippen LogP contribution >= 0.6 is 0 Å². The normalized spacial score (nSPS) is 11.5. The lowest BCUT2D eigenvalue weighted by Crippen LogP contribution is -2.20. The number of rotatable bonds is 8. The van der Waals surface area contributed by atoms with Gasteiger partial charge in [0, 0.05) is 19.6 Å². The Kier molecular flexibility index (Phi) is 11.8. The van der Waals surface area contributed by atoms with E-state index in [0.717, 1.165) is 26.1 Å². The predicted octanol–water partition coefficient (Wildman–Crippen LogP) is 5.44. The van der Waals surface area contributed by atoms with Crippen molar-refractivity contribution in [3.8, 4) is 0 Å². The summed E-state index contributed by atoms with van der Waals surface area (Å²) in [4.78, 5) is 2.36. The van der Waals surface area contributed by atoms with Crippen LogP contribution in [0.15, 0.2) is 84.5 Å². The molecule has 2 nitrogen and oxygen atoms in total. The second-order valence-electron chi connectivity index (χ2n) is 6.38. The first-order valence-electron chi connectivity index (χ1n) is 9.41. The molecule has 2 aromatic rings. The minimum absolute atomic E-state index is 0.959. The standard InChI is InChI=1S/C16H23N.C8H11N/c1-4-6-10-15(5-2)13-17(3)14-16-11-8-7-9-12-16;1-9-7-8-5-3-2-4-6-8/h4,6-12H,5,13-14H2,1-3H3;2-6,9H,7H2,1H3/b6-4-,15-10+;. The molecule has 0 unspecified atom stereocenters. The van der Waals surface area contributed by atoms with E-state index in [4.69, 9.17) is 0 Å². The summed E-state index contributed by atoms with van der Waals surface area (Å²) in [5, 5.41) is 3.08. The molecule has 0 atom stereocenters. The van der Waals surface area contributed by atoms with Gasteiger partial charge in [-0.05, 0) is 38.6 Å². The van der Waals surface area contributed by atoms with Crippen molar-refractivity contribution < 1.29 is 0 Å². The van der Waals surface area contributed by atoms with Crippen LogP contribution in [0, 0.1) is 0 Å². The van der Waals surface area contributed by atoms with Gasteiger partial charge in [0.2, 0.25) is 0 Å². The van der Waals surface area contributed by atoms with E-state index in [-0.39, 0.29) is 0 Å². The molecule has 0 aliphatic heterocycles. The molecule has 0 radical (unpaired) electrons. The van der Waals surface area contributed by atoms with Crippen molar-refractivity contribution >= 4 is 0 Å². The highest BCUT2D eigenvalue weighted by Gasteiger charge is 2.01.